The van der Waals surface area contributed by atoms with Crippen LogP contribution < -0.4 is 20.5 Å². The summed E-state index contributed by atoms with van der Waals surface area (Å²) < 4.78 is 10.3. The zero-order chi connectivity index (χ0) is 18.3. The number of rotatable bonds is 9. The summed E-state index contributed by atoms with van der Waals surface area (Å²) in [6.45, 7) is 3.42. The van der Waals surface area contributed by atoms with Crippen molar-refractivity contribution in [3.8, 4) is 11.5 Å². The lowest BCUT2D eigenvalue weighted by Crippen LogP contribution is -2.41. The Labute approximate surface area is 139 Å². The standard InChI is InChI=1S/C16H22N2O6/c1-9(2)6-11(16(21)22)18-15(20)10-4-5-12(13(7-10)23-3)24-8-14(17)19/h4-5,7,9,11H,6,8H2,1-3H3,(H2,17,19)(H,18,20)(H,21,22). The molecular formula is C16H22N2O6. The first-order valence-corrected chi connectivity index (χ1v) is 7.37. The smallest absolute Gasteiger partial charge is 0.326 e. The fourth-order valence-corrected chi connectivity index (χ4v) is 2.01. The first kappa shape index (κ1) is 19.3. The summed E-state index contributed by atoms with van der Waals surface area (Å²) in [4.78, 5) is 34.2. The van der Waals surface area contributed by atoms with E-state index in [1.54, 1.807) is 0 Å². The first-order valence-electron chi connectivity index (χ1n) is 7.37. The molecular weight excluding hydrogens is 316 g/mol. The first-order chi connectivity index (χ1) is 11.2. The Balaban J connectivity index is 2.90. The van der Waals surface area contributed by atoms with Crippen LogP contribution in [-0.2, 0) is 9.59 Å². The van der Waals surface area contributed by atoms with Crippen LogP contribution in [0.15, 0.2) is 18.2 Å². The van der Waals surface area contributed by atoms with Gasteiger partial charge in [0.05, 0.1) is 7.11 Å². The van der Waals surface area contributed by atoms with Crippen molar-refractivity contribution in [2.24, 2.45) is 11.7 Å². The number of hydrogen-bond acceptors (Lipinski definition) is 5. The molecule has 0 saturated heterocycles. The van der Waals surface area contributed by atoms with E-state index in [4.69, 9.17) is 15.2 Å². The van der Waals surface area contributed by atoms with Gasteiger partial charge in [0.25, 0.3) is 11.8 Å². The van der Waals surface area contributed by atoms with Crippen LogP contribution in [0, 0.1) is 5.92 Å². The summed E-state index contributed by atoms with van der Waals surface area (Å²) in [5, 5.41) is 11.7. The minimum absolute atomic E-state index is 0.116. The van der Waals surface area contributed by atoms with Gasteiger partial charge in [0.1, 0.15) is 6.04 Å². The molecule has 0 radical (unpaired) electrons. The lowest BCUT2D eigenvalue weighted by Gasteiger charge is -2.17. The monoisotopic (exact) mass is 338 g/mol. The second-order valence-electron chi connectivity index (χ2n) is 5.61. The normalized spacial score (nSPS) is 11.7. The number of amides is 2. The number of hydrogen-bond donors (Lipinski definition) is 3. The highest BCUT2D eigenvalue weighted by Crippen LogP contribution is 2.28. The predicted molar refractivity (Wildman–Crippen MR) is 86.0 cm³/mol. The van der Waals surface area contributed by atoms with Crippen LogP contribution in [0.25, 0.3) is 0 Å². The third kappa shape index (κ3) is 5.79. The van der Waals surface area contributed by atoms with Crippen LogP contribution in [0.3, 0.4) is 0 Å². The van der Waals surface area contributed by atoms with Crippen molar-refractivity contribution in [1.29, 1.82) is 0 Å². The molecule has 0 aliphatic rings. The van der Waals surface area contributed by atoms with E-state index >= 15 is 0 Å². The molecule has 0 bridgehead atoms. The fourth-order valence-electron chi connectivity index (χ4n) is 2.01. The molecule has 4 N–H and O–H groups in total. The van der Waals surface area contributed by atoms with Crippen LogP contribution >= 0.6 is 0 Å². The predicted octanol–water partition coefficient (Wildman–Crippen LogP) is 0.788. The van der Waals surface area contributed by atoms with Gasteiger partial charge in [-0.25, -0.2) is 4.79 Å². The summed E-state index contributed by atoms with van der Waals surface area (Å²) in [6.07, 6.45) is 0.317. The van der Waals surface area contributed by atoms with Gasteiger partial charge in [0, 0.05) is 5.56 Å². The van der Waals surface area contributed by atoms with Crippen molar-refractivity contribution in [1.82, 2.24) is 5.32 Å². The minimum atomic E-state index is -1.09. The van der Waals surface area contributed by atoms with E-state index in [0.717, 1.165) is 0 Å². The molecule has 0 aliphatic carbocycles. The fraction of sp³-hybridized carbons (Fsp3) is 0.438. The number of carboxylic acid groups (broad SMARTS) is 1. The summed E-state index contributed by atoms with van der Waals surface area (Å²) in [5.41, 5.74) is 5.22. The molecule has 1 atom stereocenters. The molecule has 0 aliphatic heterocycles. The van der Waals surface area contributed by atoms with Gasteiger partial charge in [-0.2, -0.15) is 0 Å². The molecule has 1 unspecified atom stereocenters. The lowest BCUT2D eigenvalue weighted by atomic mass is 10.0. The Kier molecular flexibility index (Phi) is 7.03. The largest absolute Gasteiger partial charge is 0.493 e. The average Bonchev–Trinajstić information content (AvgIpc) is 2.51. The Hall–Kier alpha value is -2.77. The van der Waals surface area contributed by atoms with Gasteiger partial charge < -0.3 is 25.6 Å². The third-order valence-electron chi connectivity index (χ3n) is 3.11. The number of primary amides is 1. The second kappa shape index (κ2) is 8.76. The highest BCUT2D eigenvalue weighted by Gasteiger charge is 2.22. The number of benzene rings is 1. The molecule has 132 valence electrons. The molecule has 8 nitrogen and oxygen atoms in total. The zero-order valence-corrected chi connectivity index (χ0v) is 13.9. The molecule has 0 spiro atoms. The Morgan fingerprint density at radius 2 is 1.92 bits per heavy atom. The van der Waals surface area contributed by atoms with Crippen molar-refractivity contribution < 1.29 is 29.0 Å². The van der Waals surface area contributed by atoms with Crippen molar-refractivity contribution in [3.63, 3.8) is 0 Å². The van der Waals surface area contributed by atoms with Crippen LogP contribution in [0.5, 0.6) is 11.5 Å². The maximum absolute atomic E-state index is 12.2. The Bertz CT molecular complexity index is 615. The molecule has 8 heteroatoms. The minimum Gasteiger partial charge on any atom is -0.493 e. The van der Waals surface area contributed by atoms with Crippen molar-refractivity contribution >= 4 is 17.8 Å². The summed E-state index contributed by atoms with van der Waals surface area (Å²) in [7, 11) is 1.38. The molecule has 0 saturated carbocycles. The quantitative estimate of drug-likeness (QED) is 0.610. The summed E-state index contributed by atoms with van der Waals surface area (Å²) in [6, 6.07) is 3.33. The van der Waals surface area contributed by atoms with E-state index < -0.39 is 23.8 Å². The molecule has 1 rings (SSSR count). The van der Waals surface area contributed by atoms with Crippen LogP contribution in [0.4, 0.5) is 0 Å². The van der Waals surface area contributed by atoms with Crippen LogP contribution in [-0.4, -0.2) is 42.6 Å². The van der Waals surface area contributed by atoms with Gasteiger partial charge >= 0.3 is 5.97 Å². The van der Waals surface area contributed by atoms with Gasteiger partial charge in [-0.15, -0.1) is 0 Å². The molecule has 2 amide bonds. The number of methoxy groups -OCH3 is 1. The zero-order valence-electron chi connectivity index (χ0n) is 13.9. The second-order valence-corrected chi connectivity index (χ2v) is 5.61. The van der Waals surface area contributed by atoms with E-state index in [9.17, 15) is 19.5 Å². The number of ether oxygens (including phenoxy) is 2. The van der Waals surface area contributed by atoms with E-state index in [2.05, 4.69) is 5.32 Å². The highest BCUT2D eigenvalue weighted by atomic mass is 16.5. The molecule has 0 fully saturated rings. The van der Waals surface area contributed by atoms with Crippen molar-refractivity contribution in [2.75, 3.05) is 13.7 Å². The highest BCUT2D eigenvalue weighted by molar-refractivity contribution is 5.97. The van der Waals surface area contributed by atoms with E-state index in [1.807, 2.05) is 13.8 Å². The van der Waals surface area contributed by atoms with Crippen LogP contribution in [0.2, 0.25) is 0 Å². The SMILES string of the molecule is COc1cc(C(=O)NC(CC(C)C)C(=O)O)ccc1OCC(N)=O. The molecule has 24 heavy (non-hydrogen) atoms. The van der Waals surface area contributed by atoms with Crippen molar-refractivity contribution in [3.05, 3.63) is 23.8 Å². The van der Waals surface area contributed by atoms with Gasteiger partial charge in [-0.1, -0.05) is 13.8 Å². The maximum atomic E-state index is 12.2. The van der Waals surface area contributed by atoms with Crippen LogP contribution in [0.1, 0.15) is 30.6 Å². The lowest BCUT2D eigenvalue weighted by molar-refractivity contribution is -0.139. The van der Waals surface area contributed by atoms with E-state index in [-0.39, 0.29) is 29.6 Å². The van der Waals surface area contributed by atoms with Gasteiger partial charge in [-0.05, 0) is 30.5 Å². The third-order valence-corrected chi connectivity index (χ3v) is 3.11. The molecule has 1 aromatic rings. The average molecular weight is 338 g/mol. The van der Waals surface area contributed by atoms with Gasteiger partial charge in [0.2, 0.25) is 0 Å². The number of nitrogens with one attached hydrogen (secondary N) is 1. The van der Waals surface area contributed by atoms with Gasteiger partial charge in [0.15, 0.2) is 18.1 Å². The van der Waals surface area contributed by atoms with E-state index in [0.29, 0.717) is 6.42 Å². The topological polar surface area (TPSA) is 128 Å². The maximum Gasteiger partial charge on any atom is 0.326 e. The number of nitrogens with two attached hydrogens (primary N) is 1. The van der Waals surface area contributed by atoms with Crippen molar-refractivity contribution in [2.45, 2.75) is 26.3 Å². The molecule has 0 aromatic heterocycles. The van der Waals surface area contributed by atoms with Gasteiger partial charge in [-0.3, -0.25) is 9.59 Å². The van der Waals surface area contributed by atoms with E-state index in [1.165, 1.54) is 25.3 Å². The molecule has 1 aromatic carbocycles. The number of carbonyl (C=O) groups is 3. The number of carbonyl (C=O) groups excluding carboxylic acids is 2. The Morgan fingerprint density at radius 1 is 1.25 bits per heavy atom. The summed E-state index contributed by atoms with van der Waals surface area (Å²) >= 11 is 0. The number of carboxylic acids is 1. The summed E-state index contributed by atoms with van der Waals surface area (Å²) in [5.74, 6) is -1.67. The molecule has 0 heterocycles. The number of aliphatic carboxylic acids is 1. The Morgan fingerprint density at radius 3 is 2.42 bits per heavy atom.